The van der Waals surface area contributed by atoms with Gasteiger partial charge in [0.25, 0.3) is 0 Å². The van der Waals surface area contributed by atoms with Crippen molar-refractivity contribution >= 4 is 15.1 Å². The van der Waals surface area contributed by atoms with Gasteiger partial charge in [0.1, 0.15) is 7.28 Å². The zero-order valence-corrected chi connectivity index (χ0v) is 7.71. The molecule has 0 aliphatic carbocycles. The van der Waals surface area contributed by atoms with Crippen LogP contribution in [0.5, 0.6) is 0 Å². The highest BCUT2D eigenvalue weighted by Crippen LogP contribution is 2.23. The Morgan fingerprint density at radius 2 is 2.42 bits per heavy atom. The van der Waals surface area contributed by atoms with Gasteiger partial charge in [-0.25, -0.2) is 0 Å². The van der Waals surface area contributed by atoms with Crippen LogP contribution in [0.1, 0.15) is 26.0 Å². The minimum absolute atomic E-state index is 0.174. The van der Waals surface area contributed by atoms with Gasteiger partial charge >= 0.3 is 0 Å². The van der Waals surface area contributed by atoms with Crippen LogP contribution < -0.4 is 0 Å². The highest BCUT2D eigenvalue weighted by atomic mass is 16.3. The lowest BCUT2D eigenvalue weighted by atomic mass is 9.41. The molecule has 0 aromatic carbocycles. The zero-order chi connectivity index (χ0) is 9.03. The average molecular weight is 159 g/mol. The Morgan fingerprint density at radius 1 is 1.67 bits per heavy atom. The first-order valence-corrected chi connectivity index (χ1v) is 4.29. The molecule has 61 valence electrons. The van der Waals surface area contributed by atoms with E-state index in [9.17, 15) is 0 Å². The van der Waals surface area contributed by atoms with Gasteiger partial charge in [0, 0.05) is 0 Å². The summed E-state index contributed by atoms with van der Waals surface area (Å²) < 4.78 is 5.19. The maximum atomic E-state index is 5.94. The second-order valence-electron chi connectivity index (χ2n) is 3.35. The lowest BCUT2D eigenvalue weighted by Crippen LogP contribution is -2.18. The quantitative estimate of drug-likeness (QED) is 0.613. The maximum absolute atomic E-state index is 5.94. The van der Waals surface area contributed by atoms with Crippen molar-refractivity contribution in [2.75, 3.05) is 0 Å². The first-order valence-electron chi connectivity index (χ1n) is 4.29. The molecular weight excluding hydrogens is 146 g/mol. The minimum atomic E-state index is -0.174. The largest absolute Gasteiger partial charge is 0.470 e. The number of furan rings is 1. The van der Waals surface area contributed by atoms with Crippen molar-refractivity contribution in [1.82, 2.24) is 0 Å². The van der Waals surface area contributed by atoms with Crippen LogP contribution in [0.3, 0.4) is 0 Å². The van der Waals surface area contributed by atoms with Crippen molar-refractivity contribution in [1.29, 1.82) is 0 Å². The fourth-order valence-electron chi connectivity index (χ4n) is 0.907. The molecule has 1 aromatic heterocycles. The highest BCUT2D eigenvalue weighted by molar-refractivity contribution is 6.53. The summed E-state index contributed by atoms with van der Waals surface area (Å²) in [6.45, 7) is 4.11. The van der Waals surface area contributed by atoms with Crippen LogP contribution in [0.25, 0.3) is 0 Å². The van der Waals surface area contributed by atoms with Gasteiger partial charge in [-0.15, -0.1) is 0 Å². The predicted octanol–water partition coefficient (Wildman–Crippen LogP) is 2.20. The summed E-state index contributed by atoms with van der Waals surface area (Å²) in [5.74, 6) is 0.972. The van der Waals surface area contributed by atoms with E-state index in [0.717, 1.165) is 18.5 Å². The van der Waals surface area contributed by atoms with E-state index < -0.39 is 0 Å². The molecule has 0 amide bonds. The Morgan fingerprint density at radius 3 is 2.92 bits per heavy atom. The van der Waals surface area contributed by atoms with Crippen molar-refractivity contribution in [3.63, 3.8) is 0 Å². The van der Waals surface area contributed by atoms with Crippen LogP contribution in [-0.2, 0) is 6.32 Å². The summed E-state index contributed by atoms with van der Waals surface area (Å²) in [6, 6.07) is 3.85. The summed E-state index contributed by atoms with van der Waals surface area (Å²) >= 11 is 0. The van der Waals surface area contributed by atoms with Gasteiger partial charge in [-0.1, -0.05) is 25.5 Å². The fraction of sp³-hybridized carbons (Fsp3) is 0.556. The van der Waals surface area contributed by atoms with Gasteiger partial charge in [0.05, 0.1) is 19.9 Å². The van der Waals surface area contributed by atoms with Crippen LogP contribution in [0, 0.1) is 0 Å². The first-order chi connectivity index (χ1) is 5.64. The molecule has 1 rings (SSSR count). The van der Waals surface area contributed by atoms with Gasteiger partial charge in [-0.3, -0.25) is 0 Å². The fourth-order valence-corrected chi connectivity index (χ4v) is 0.907. The Labute approximate surface area is 76.2 Å². The molecular formula is C9H13B2O. The number of hydrogen-bond donors (Lipinski definition) is 0. The topological polar surface area (TPSA) is 13.1 Å². The molecule has 1 aromatic rings. The van der Waals surface area contributed by atoms with Crippen molar-refractivity contribution in [2.24, 2.45) is 0 Å². The van der Waals surface area contributed by atoms with Crippen molar-refractivity contribution < 1.29 is 4.42 Å². The van der Waals surface area contributed by atoms with E-state index in [1.807, 2.05) is 19.1 Å². The molecule has 1 atom stereocenters. The van der Waals surface area contributed by atoms with E-state index in [-0.39, 0.29) is 5.21 Å². The Balaban J connectivity index is 2.36. The van der Waals surface area contributed by atoms with Crippen LogP contribution in [-0.4, -0.2) is 15.1 Å². The molecule has 1 heterocycles. The first kappa shape index (κ1) is 9.50. The number of hydrogen-bond acceptors (Lipinski definition) is 1. The lowest BCUT2D eigenvalue weighted by Gasteiger charge is -2.20. The SMILES string of the molecule is [B]C(C)([B]Cc1ccco1)CC. The molecule has 0 N–H and O–H groups in total. The maximum Gasteiger partial charge on any atom is 0.116 e. The van der Waals surface area contributed by atoms with E-state index >= 15 is 0 Å². The summed E-state index contributed by atoms with van der Waals surface area (Å²) in [7, 11) is 8.02. The monoisotopic (exact) mass is 159 g/mol. The molecule has 3 heteroatoms. The number of rotatable bonds is 4. The Hall–Kier alpha value is -0.590. The standard InChI is InChI=1S/C9H13B2O/c1-3-9(2,10)11-7-8-5-4-6-12-8/h4-6H,3,7H2,1-2H3. The molecule has 0 aliphatic heterocycles. The van der Waals surface area contributed by atoms with Gasteiger partial charge < -0.3 is 4.42 Å². The van der Waals surface area contributed by atoms with Gasteiger partial charge in [-0.2, -0.15) is 0 Å². The molecule has 0 saturated carbocycles. The third-order valence-corrected chi connectivity index (χ3v) is 2.11. The van der Waals surface area contributed by atoms with Crippen LogP contribution in [0.15, 0.2) is 22.8 Å². The lowest BCUT2D eigenvalue weighted by molar-refractivity contribution is 0.527. The van der Waals surface area contributed by atoms with Gasteiger partial charge in [0.2, 0.25) is 0 Å². The summed E-state index contributed by atoms with van der Waals surface area (Å²) in [5, 5.41) is -0.174. The van der Waals surface area contributed by atoms with E-state index in [4.69, 9.17) is 12.3 Å². The van der Waals surface area contributed by atoms with Crippen molar-refractivity contribution in [2.45, 2.75) is 31.8 Å². The summed E-state index contributed by atoms with van der Waals surface area (Å²) in [4.78, 5) is 0. The normalized spacial score (nSPS) is 15.5. The summed E-state index contributed by atoms with van der Waals surface area (Å²) in [6.07, 6.45) is 3.45. The molecule has 0 bridgehead atoms. The molecule has 1 unspecified atom stereocenters. The molecule has 1 nitrogen and oxygen atoms in total. The minimum Gasteiger partial charge on any atom is -0.470 e. The van der Waals surface area contributed by atoms with E-state index in [2.05, 4.69) is 14.2 Å². The summed E-state index contributed by atoms with van der Waals surface area (Å²) in [5.41, 5.74) is 0. The smallest absolute Gasteiger partial charge is 0.116 e. The second-order valence-corrected chi connectivity index (χ2v) is 3.35. The van der Waals surface area contributed by atoms with Gasteiger partial charge in [-0.05, 0) is 18.5 Å². The van der Waals surface area contributed by atoms with Gasteiger partial charge in [0.15, 0.2) is 0 Å². The molecule has 3 radical (unpaired) electrons. The molecule has 0 aliphatic rings. The van der Waals surface area contributed by atoms with E-state index in [1.54, 1.807) is 6.26 Å². The predicted molar refractivity (Wildman–Crippen MR) is 52.6 cm³/mol. The third kappa shape index (κ3) is 2.80. The second kappa shape index (κ2) is 3.88. The Bertz CT molecular complexity index is 216. The van der Waals surface area contributed by atoms with E-state index in [0.29, 0.717) is 0 Å². The third-order valence-electron chi connectivity index (χ3n) is 2.11. The van der Waals surface area contributed by atoms with Crippen molar-refractivity contribution in [3.8, 4) is 0 Å². The Kier molecular flexibility index (Phi) is 3.07. The molecule has 0 fully saturated rings. The van der Waals surface area contributed by atoms with Crippen molar-refractivity contribution in [3.05, 3.63) is 24.2 Å². The zero-order valence-electron chi connectivity index (χ0n) is 7.71. The van der Waals surface area contributed by atoms with Crippen LogP contribution in [0.4, 0.5) is 0 Å². The highest BCUT2D eigenvalue weighted by Gasteiger charge is 2.16. The molecule has 12 heavy (non-hydrogen) atoms. The average Bonchev–Trinajstić information content (AvgIpc) is 2.53. The van der Waals surface area contributed by atoms with Crippen LogP contribution in [0.2, 0.25) is 5.21 Å². The van der Waals surface area contributed by atoms with Crippen LogP contribution >= 0.6 is 0 Å². The van der Waals surface area contributed by atoms with E-state index in [1.165, 1.54) is 0 Å². The molecule has 0 spiro atoms. The molecule has 0 saturated heterocycles.